The topological polar surface area (TPSA) is 57.8 Å². The van der Waals surface area contributed by atoms with Crippen molar-refractivity contribution in [1.29, 1.82) is 0 Å². The van der Waals surface area contributed by atoms with Crippen LogP contribution >= 0.6 is 15.9 Å². The van der Waals surface area contributed by atoms with E-state index < -0.39 is 0 Å². The highest BCUT2D eigenvalue weighted by molar-refractivity contribution is 9.10. The van der Waals surface area contributed by atoms with Crippen molar-refractivity contribution in [2.45, 2.75) is 47.0 Å². The van der Waals surface area contributed by atoms with Gasteiger partial charge >= 0.3 is 0 Å². The number of H-pyrrole nitrogens is 1. The summed E-state index contributed by atoms with van der Waals surface area (Å²) in [5.41, 5.74) is 6.50. The van der Waals surface area contributed by atoms with Crippen molar-refractivity contribution in [3.05, 3.63) is 50.2 Å². The minimum Gasteiger partial charge on any atom is -0.350 e. The van der Waals surface area contributed by atoms with Gasteiger partial charge in [-0.2, -0.15) is 5.10 Å². The van der Waals surface area contributed by atoms with E-state index in [4.69, 9.17) is 0 Å². The maximum atomic E-state index is 12.3. The van der Waals surface area contributed by atoms with Gasteiger partial charge in [-0.05, 0) is 65.7 Å². The molecule has 5 heteroatoms. The van der Waals surface area contributed by atoms with E-state index in [0.717, 1.165) is 16.6 Å². The zero-order valence-corrected chi connectivity index (χ0v) is 16.0. The number of hydrogen-bond donors (Lipinski definition) is 2. The van der Waals surface area contributed by atoms with Crippen LogP contribution < -0.4 is 5.32 Å². The van der Waals surface area contributed by atoms with E-state index in [9.17, 15) is 4.79 Å². The number of benzene rings is 1. The molecule has 0 saturated carbocycles. The summed E-state index contributed by atoms with van der Waals surface area (Å²) in [6, 6.07) is 4.37. The maximum Gasteiger partial charge on any atom is 0.272 e. The zero-order chi connectivity index (χ0) is 17.1. The lowest BCUT2D eigenvalue weighted by atomic mass is 9.97. The first-order valence-electron chi connectivity index (χ1n) is 7.90. The van der Waals surface area contributed by atoms with Gasteiger partial charge < -0.3 is 5.32 Å². The summed E-state index contributed by atoms with van der Waals surface area (Å²) < 4.78 is 0.757. The van der Waals surface area contributed by atoms with Crippen molar-refractivity contribution in [2.75, 3.05) is 6.54 Å². The minimum absolute atomic E-state index is 0.151. The molecule has 1 aromatic carbocycles. The number of hydrogen-bond acceptors (Lipinski definition) is 2. The van der Waals surface area contributed by atoms with Crippen LogP contribution in [0.15, 0.2) is 16.6 Å². The van der Waals surface area contributed by atoms with E-state index >= 15 is 0 Å². The van der Waals surface area contributed by atoms with E-state index in [1.54, 1.807) is 0 Å². The molecule has 0 spiro atoms. The number of rotatable bonds is 5. The molecule has 2 aromatic rings. The van der Waals surface area contributed by atoms with E-state index in [1.807, 2.05) is 0 Å². The first-order chi connectivity index (χ1) is 10.8. The van der Waals surface area contributed by atoms with E-state index in [1.165, 1.54) is 22.3 Å². The van der Waals surface area contributed by atoms with Gasteiger partial charge in [0, 0.05) is 6.54 Å². The van der Waals surface area contributed by atoms with Gasteiger partial charge in [0.2, 0.25) is 0 Å². The summed E-state index contributed by atoms with van der Waals surface area (Å²) >= 11 is 3.47. The molecule has 1 amide bonds. The van der Waals surface area contributed by atoms with Gasteiger partial charge in [0.15, 0.2) is 5.69 Å². The van der Waals surface area contributed by atoms with Crippen LogP contribution in [0.5, 0.6) is 0 Å². The Morgan fingerprint density at radius 3 is 2.39 bits per heavy atom. The summed E-state index contributed by atoms with van der Waals surface area (Å²) in [5, 5.41) is 10.0. The predicted octanol–water partition coefficient (Wildman–Crippen LogP) is 4.19. The van der Waals surface area contributed by atoms with E-state index in [-0.39, 0.29) is 11.8 Å². The third-order valence-electron chi connectivity index (χ3n) is 4.03. The molecule has 124 valence electrons. The first-order valence-corrected chi connectivity index (χ1v) is 8.69. The molecule has 0 aliphatic carbocycles. The molecular formula is C18H24BrN3O. The number of carbonyl (C=O) groups excluding carboxylic acids is 1. The molecule has 0 bridgehead atoms. The fourth-order valence-corrected chi connectivity index (χ4v) is 3.68. The van der Waals surface area contributed by atoms with Crippen LogP contribution in [0.4, 0.5) is 0 Å². The Kier molecular flexibility index (Phi) is 5.63. The second kappa shape index (κ2) is 7.30. The standard InChI is InChI=1S/C18H24BrN3O/c1-10(2)16-15(19)17(22-21-16)18(23)20-7-6-14-12(4)8-11(3)9-13(14)5/h8-10H,6-7H2,1-5H3,(H,20,23)(H,21,22). The zero-order valence-electron chi connectivity index (χ0n) is 14.4. The minimum atomic E-state index is -0.151. The Morgan fingerprint density at radius 1 is 1.26 bits per heavy atom. The van der Waals surface area contributed by atoms with Gasteiger partial charge in [-0.15, -0.1) is 0 Å². The second-order valence-corrected chi connectivity index (χ2v) is 7.13. The van der Waals surface area contributed by atoms with E-state index in [2.05, 4.69) is 78.2 Å². The van der Waals surface area contributed by atoms with Crippen LogP contribution in [0.2, 0.25) is 0 Å². The van der Waals surface area contributed by atoms with Crippen LogP contribution in [0, 0.1) is 20.8 Å². The lowest BCUT2D eigenvalue weighted by Gasteiger charge is -2.11. The number of halogens is 1. The Hall–Kier alpha value is -1.62. The van der Waals surface area contributed by atoms with Crippen molar-refractivity contribution in [3.63, 3.8) is 0 Å². The molecule has 23 heavy (non-hydrogen) atoms. The Balaban J connectivity index is 2.01. The molecule has 0 atom stereocenters. The molecule has 1 aromatic heterocycles. The third-order valence-corrected chi connectivity index (χ3v) is 4.83. The summed E-state index contributed by atoms with van der Waals surface area (Å²) in [6.07, 6.45) is 0.822. The van der Waals surface area contributed by atoms with Crippen molar-refractivity contribution in [3.8, 4) is 0 Å². The predicted molar refractivity (Wildman–Crippen MR) is 97.1 cm³/mol. The molecule has 0 radical (unpaired) electrons. The van der Waals surface area contributed by atoms with Crippen molar-refractivity contribution in [2.24, 2.45) is 0 Å². The van der Waals surface area contributed by atoms with Crippen molar-refractivity contribution >= 4 is 21.8 Å². The van der Waals surface area contributed by atoms with Crippen LogP contribution in [0.1, 0.15) is 58.2 Å². The van der Waals surface area contributed by atoms with Crippen LogP contribution in [0.25, 0.3) is 0 Å². The Labute approximate surface area is 146 Å². The van der Waals surface area contributed by atoms with Gasteiger partial charge in [-0.3, -0.25) is 9.89 Å². The molecule has 0 saturated heterocycles. The fraction of sp³-hybridized carbons (Fsp3) is 0.444. The van der Waals surface area contributed by atoms with Crippen molar-refractivity contribution in [1.82, 2.24) is 15.5 Å². The maximum absolute atomic E-state index is 12.3. The Bertz CT molecular complexity index is 696. The normalized spacial score (nSPS) is 11.1. The number of carbonyl (C=O) groups is 1. The lowest BCUT2D eigenvalue weighted by molar-refractivity contribution is 0.0948. The molecule has 0 fully saturated rings. The number of nitrogens with one attached hydrogen (secondary N) is 2. The van der Waals surface area contributed by atoms with Crippen molar-refractivity contribution < 1.29 is 4.79 Å². The van der Waals surface area contributed by atoms with Crippen LogP contribution in [0.3, 0.4) is 0 Å². The number of aromatic nitrogens is 2. The number of nitrogens with zero attached hydrogens (tertiary/aromatic N) is 1. The molecular weight excluding hydrogens is 354 g/mol. The van der Waals surface area contributed by atoms with Gasteiger partial charge in [-0.1, -0.05) is 31.5 Å². The smallest absolute Gasteiger partial charge is 0.272 e. The Morgan fingerprint density at radius 2 is 1.87 bits per heavy atom. The van der Waals surface area contributed by atoms with Crippen LogP contribution in [-0.4, -0.2) is 22.6 Å². The summed E-state index contributed by atoms with van der Waals surface area (Å²) in [4.78, 5) is 12.3. The van der Waals surface area contributed by atoms with Gasteiger partial charge in [0.1, 0.15) is 0 Å². The highest BCUT2D eigenvalue weighted by atomic mass is 79.9. The molecule has 0 aliphatic rings. The van der Waals surface area contributed by atoms with Gasteiger partial charge in [-0.25, -0.2) is 0 Å². The number of aryl methyl sites for hydroxylation is 3. The second-order valence-electron chi connectivity index (χ2n) is 6.34. The molecule has 1 heterocycles. The molecule has 2 rings (SSSR count). The molecule has 0 aliphatic heterocycles. The third kappa shape index (κ3) is 4.02. The summed E-state index contributed by atoms with van der Waals surface area (Å²) in [7, 11) is 0. The largest absolute Gasteiger partial charge is 0.350 e. The average Bonchev–Trinajstić information content (AvgIpc) is 2.83. The van der Waals surface area contributed by atoms with E-state index in [0.29, 0.717) is 12.2 Å². The number of amides is 1. The number of aromatic amines is 1. The average molecular weight is 378 g/mol. The molecule has 0 unspecified atom stereocenters. The highest BCUT2D eigenvalue weighted by Crippen LogP contribution is 2.25. The summed E-state index contributed by atoms with van der Waals surface area (Å²) in [6.45, 7) is 11.1. The van der Waals surface area contributed by atoms with Crippen LogP contribution in [-0.2, 0) is 6.42 Å². The molecule has 4 nitrogen and oxygen atoms in total. The lowest BCUT2D eigenvalue weighted by Crippen LogP contribution is -2.26. The highest BCUT2D eigenvalue weighted by Gasteiger charge is 2.19. The monoisotopic (exact) mass is 377 g/mol. The van der Waals surface area contributed by atoms with Gasteiger partial charge in [0.05, 0.1) is 10.2 Å². The fourth-order valence-electron chi connectivity index (χ4n) is 2.86. The van der Waals surface area contributed by atoms with Gasteiger partial charge in [0.25, 0.3) is 5.91 Å². The first kappa shape index (κ1) is 17.7. The quantitative estimate of drug-likeness (QED) is 0.820. The molecule has 2 N–H and O–H groups in total. The summed E-state index contributed by atoms with van der Waals surface area (Å²) in [5.74, 6) is 0.138. The SMILES string of the molecule is Cc1cc(C)c(CCNC(=O)c2n[nH]c(C(C)C)c2Br)c(C)c1.